The number of carbonyl (C=O) groups excluding carboxylic acids is 3. The summed E-state index contributed by atoms with van der Waals surface area (Å²) in [5.74, 6) is -1.61. The lowest BCUT2D eigenvalue weighted by molar-refractivity contribution is -0.149. The lowest BCUT2D eigenvalue weighted by atomic mass is 9.66. The Bertz CT molecular complexity index is 1130. The van der Waals surface area contributed by atoms with Gasteiger partial charge in [-0.1, -0.05) is 42.5 Å². The molecule has 0 aromatic heterocycles. The fraction of sp³-hybridized carbons (Fsp3) is 0.581. The van der Waals surface area contributed by atoms with Gasteiger partial charge in [-0.3, -0.25) is 14.4 Å². The molecule has 1 aromatic carbocycles. The number of likely N-dealkylation sites (tertiary alicyclic amines) is 1. The van der Waals surface area contributed by atoms with Crippen LogP contribution in [0.15, 0.2) is 55.6 Å². The minimum Gasteiger partial charge on any atom is -0.394 e. The summed E-state index contributed by atoms with van der Waals surface area (Å²) in [7, 11) is 1.74. The molecule has 3 fully saturated rings. The number of rotatable bonds is 10. The van der Waals surface area contributed by atoms with Crippen molar-refractivity contribution >= 4 is 29.5 Å². The molecule has 3 saturated heterocycles. The molecule has 0 radical (unpaired) electrons. The lowest BCUT2D eigenvalue weighted by Crippen LogP contribution is -2.61. The van der Waals surface area contributed by atoms with Crippen molar-refractivity contribution in [2.75, 3.05) is 26.7 Å². The van der Waals surface area contributed by atoms with Gasteiger partial charge in [-0.2, -0.15) is 0 Å². The van der Waals surface area contributed by atoms with E-state index < -0.39 is 39.0 Å². The van der Waals surface area contributed by atoms with Gasteiger partial charge in [-0.15, -0.1) is 24.9 Å². The number of aliphatic hydroxyl groups excluding tert-OH is 1. The van der Waals surface area contributed by atoms with Gasteiger partial charge in [0.25, 0.3) is 0 Å². The van der Waals surface area contributed by atoms with Crippen molar-refractivity contribution in [3.8, 4) is 0 Å². The Morgan fingerprint density at radius 2 is 1.79 bits per heavy atom. The molecule has 212 valence electrons. The smallest absolute Gasteiger partial charge is 0.247 e. The zero-order valence-electron chi connectivity index (χ0n) is 23.9. The molecule has 0 aliphatic carbocycles. The summed E-state index contributed by atoms with van der Waals surface area (Å²) >= 11 is 1.66. The van der Waals surface area contributed by atoms with Crippen LogP contribution < -0.4 is 0 Å². The van der Waals surface area contributed by atoms with Crippen molar-refractivity contribution in [1.29, 1.82) is 0 Å². The van der Waals surface area contributed by atoms with Gasteiger partial charge < -0.3 is 19.8 Å². The molecule has 1 aromatic rings. The summed E-state index contributed by atoms with van der Waals surface area (Å²) in [5.41, 5.74) is 0.471. The monoisotopic (exact) mass is 553 g/mol. The highest BCUT2D eigenvalue weighted by molar-refractivity contribution is 8.02. The molecular formula is C31H43N3O4S. The van der Waals surface area contributed by atoms with Crippen molar-refractivity contribution in [3.63, 3.8) is 0 Å². The van der Waals surface area contributed by atoms with Gasteiger partial charge in [0.2, 0.25) is 17.7 Å². The average Bonchev–Trinajstić information content (AvgIpc) is 3.46. The molecule has 0 saturated carbocycles. The molecule has 8 heteroatoms. The highest BCUT2D eigenvalue weighted by Crippen LogP contribution is 2.72. The Labute approximate surface area is 237 Å². The number of aliphatic hydroxyl groups is 1. The van der Waals surface area contributed by atoms with Crippen molar-refractivity contribution in [1.82, 2.24) is 14.7 Å². The second kappa shape index (κ2) is 10.8. The maximum absolute atomic E-state index is 14.6. The normalized spacial score (nSPS) is 30.2. The van der Waals surface area contributed by atoms with Gasteiger partial charge in [0, 0.05) is 30.4 Å². The number of carbonyl (C=O) groups is 3. The van der Waals surface area contributed by atoms with Gasteiger partial charge in [-0.05, 0) is 52.5 Å². The van der Waals surface area contributed by atoms with E-state index in [2.05, 4.69) is 20.1 Å². The molecule has 3 aliphatic rings. The quantitative estimate of drug-likeness (QED) is 0.449. The summed E-state index contributed by atoms with van der Waals surface area (Å²) in [6.07, 6.45) is 5.23. The lowest BCUT2D eigenvalue weighted by Gasteiger charge is -2.43. The van der Waals surface area contributed by atoms with E-state index >= 15 is 0 Å². The second-order valence-electron chi connectivity index (χ2n) is 12.4. The zero-order chi connectivity index (χ0) is 28.8. The van der Waals surface area contributed by atoms with E-state index in [4.69, 9.17) is 0 Å². The molecule has 3 aliphatic heterocycles. The molecule has 4 rings (SSSR count). The molecule has 39 heavy (non-hydrogen) atoms. The van der Waals surface area contributed by atoms with Crippen LogP contribution in [-0.2, 0) is 20.8 Å². The molecule has 2 bridgehead atoms. The second-order valence-corrected chi connectivity index (χ2v) is 14.3. The Morgan fingerprint density at radius 3 is 2.36 bits per heavy atom. The van der Waals surface area contributed by atoms with E-state index in [0.29, 0.717) is 25.9 Å². The van der Waals surface area contributed by atoms with Gasteiger partial charge in [0.05, 0.1) is 29.2 Å². The first-order valence-electron chi connectivity index (χ1n) is 13.8. The number of benzene rings is 1. The fourth-order valence-corrected chi connectivity index (χ4v) is 9.37. The van der Waals surface area contributed by atoms with Crippen LogP contribution in [0, 0.1) is 11.8 Å². The van der Waals surface area contributed by atoms with Gasteiger partial charge in [-0.25, -0.2) is 0 Å². The molecular weight excluding hydrogens is 510 g/mol. The minimum atomic E-state index is -0.788. The Kier molecular flexibility index (Phi) is 8.12. The SMILES string of the molecule is C=CCN(C)C(=O)[C@H]1[C@H]2C(=O)N([C@@H](CO)Cc3ccccc3)C(C(=O)N(CC=C)C(C)(C)C)C23CC[C@]1(C)S3. The van der Waals surface area contributed by atoms with Gasteiger partial charge in [0.15, 0.2) is 0 Å². The molecule has 1 N–H and O–H groups in total. The number of thioether (sulfide) groups is 1. The molecule has 1 spiro atoms. The van der Waals surface area contributed by atoms with Crippen molar-refractivity contribution < 1.29 is 19.5 Å². The van der Waals surface area contributed by atoms with E-state index in [1.807, 2.05) is 51.1 Å². The van der Waals surface area contributed by atoms with E-state index in [0.717, 1.165) is 12.0 Å². The molecule has 2 unspecified atom stereocenters. The van der Waals surface area contributed by atoms with Crippen LogP contribution in [0.2, 0.25) is 0 Å². The Hall–Kier alpha value is -2.58. The molecule has 7 nitrogen and oxygen atoms in total. The minimum absolute atomic E-state index is 0.0831. The van der Waals surface area contributed by atoms with Crippen LogP contribution in [0.4, 0.5) is 0 Å². The average molecular weight is 554 g/mol. The highest BCUT2D eigenvalue weighted by atomic mass is 32.2. The third-order valence-corrected chi connectivity index (χ3v) is 10.8. The predicted octanol–water partition coefficient (Wildman–Crippen LogP) is 3.53. The molecule has 6 atom stereocenters. The van der Waals surface area contributed by atoms with Crippen LogP contribution in [0.1, 0.15) is 46.1 Å². The summed E-state index contributed by atoms with van der Waals surface area (Å²) in [5, 5.41) is 10.7. The molecule has 3 heterocycles. The zero-order valence-corrected chi connectivity index (χ0v) is 24.7. The largest absolute Gasteiger partial charge is 0.394 e. The number of fused-ring (bicyclic) bond motifs is 1. The van der Waals surface area contributed by atoms with Crippen molar-refractivity contribution in [2.24, 2.45) is 11.8 Å². The topological polar surface area (TPSA) is 81.2 Å². The summed E-state index contributed by atoms with van der Waals surface area (Å²) in [6.45, 7) is 16.1. The maximum atomic E-state index is 14.6. The number of amides is 3. The van der Waals surface area contributed by atoms with Crippen molar-refractivity contribution in [3.05, 3.63) is 61.2 Å². The van der Waals surface area contributed by atoms with Crippen LogP contribution in [0.3, 0.4) is 0 Å². The first-order chi connectivity index (χ1) is 18.4. The third kappa shape index (κ3) is 4.84. The standard InChI is InChI=1S/C31H43N3O4S/c1-8-17-32(7)26(36)23-24-27(37)34(22(20-35)19-21-13-11-10-12-14-21)25(31(24)16-15-30(23,6)39-31)28(38)33(18-9-2)29(3,4)5/h8-14,22-25,35H,1-2,15-20H2,3-7H3/t22-,23-,24+,25?,30+,31?/m1/s1. The number of likely N-dealkylation sites (N-methyl/N-ethyl adjacent to an activating group) is 1. The van der Waals surface area contributed by atoms with Crippen LogP contribution in [0.25, 0.3) is 0 Å². The van der Waals surface area contributed by atoms with Crippen LogP contribution in [-0.4, -0.2) is 91.4 Å². The van der Waals surface area contributed by atoms with Gasteiger partial charge in [0.1, 0.15) is 6.04 Å². The predicted molar refractivity (Wildman–Crippen MR) is 156 cm³/mol. The van der Waals surface area contributed by atoms with Gasteiger partial charge >= 0.3 is 0 Å². The first-order valence-corrected chi connectivity index (χ1v) is 14.6. The van der Waals surface area contributed by atoms with Crippen LogP contribution >= 0.6 is 11.8 Å². The van der Waals surface area contributed by atoms with E-state index in [1.54, 1.807) is 45.7 Å². The molecule has 3 amide bonds. The van der Waals surface area contributed by atoms with E-state index in [1.165, 1.54) is 0 Å². The summed E-state index contributed by atoms with van der Waals surface area (Å²) in [6, 6.07) is 8.35. The Morgan fingerprint density at radius 1 is 1.15 bits per heavy atom. The first kappa shape index (κ1) is 29.4. The fourth-order valence-electron chi connectivity index (χ4n) is 7.04. The van der Waals surface area contributed by atoms with Crippen LogP contribution in [0.5, 0.6) is 0 Å². The third-order valence-electron chi connectivity index (χ3n) is 8.80. The number of hydrogen-bond donors (Lipinski definition) is 1. The highest BCUT2D eigenvalue weighted by Gasteiger charge is 2.78. The Balaban J connectivity index is 1.85. The summed E-state index contributed by atoms with van der Waals surface area (Å²) < 4.78 is -1.19. The van der Waals surface area contributed by atoms with E-state index in [-0.39, 0.29) is 24.3 Å². The number of hydrogen-bond acceptors (Lipinski definition) is 5. The van der Waals surface area contributed by atoms with E-state index in [9.17, 15) is 19.5 Å². The van der Waals surface area contributed by atoms with Crippen molar-refractivity contribution in [2.45, 2.75) is 74.1 Å². The maximum Gasteiger partial charge on any atom is 0.247 e. The summed E-state index contributed by atoms with van der Waals surface area (Å²) in [4.78, 5) is 48.1. The number of nitrogens with zero attached hydrogens (tertiary/aromatic N) is 3.